The Morgan fingerprint density at radius 3 is 2.53 bits per heavy atom. The lowest BCUT2D eigenvalue weighted by Crippen LogP contribution is -2.25. The summed E-state index contributed by atoms with van der Waals surface area (Å²) in [6, 6.07) is 22.0. The molecular weight excluding hydrogens is 470 g/mol. The van der Waals surface area contributed by atoms with Gasteiger partial charge in [-0.2, -0.15) is 0 Å². The summed E-state index contributed by atoms with van der Waals surface area (Å²) in [6.07, 6.45) is 0.567. The maximum absolute atomic E-state index is 13.4. The Morgan fingerprint density at radius 1 is 1.03 bits per heavy atom. The van der Waals surface area contributed by atoms with E-state index >= 15 is 0 Å². The maximum Gasteiger partial charge on any atom is 0.256 e. The number of anilines is 2. The van der Waals surface area contributed by atoms with Crippen molar-refractivity contribution in [3.05, 3.63) is 88.9 Å². The standard InChI is InChI=1S/C26H22ClN3O3S/c1-17-7-9-18(10-8-17)24-16-21(20-5-2-3-6-23(20)28-24)26(31)29-25-15-19(11-12-22(25)27)30-13-4-14-34(30,32)33/h2-3,5-12,15-16H,4,13-14H2,1H3,(H,29,31). The first-order valence-corrected chi connectivity index (χ1v) is 12.9. The third-order valence-electron chi connectivity index (χ3n) is 5.89. The van der Waals surface area contributed by atoms with E-state index in [4.69, 9.17) is 16.6 Å². The number of amides is 1. The largest absolute Gasteiger partial charge is 0.321 e. The summed E-state index contributed by atoms with van der Waals surface area (Å²) in [4.78, 5) is 18.2. The molecular formula is C26H22ClN3O3S. The first-order chi connectivity index (χ1) is 16.3. The molecule has 5 rings (SSSR count). The first kappa shape index (κ1) is 22.4. The van der Waals surface area contributed by atoms with Crippen LogP contribution in [0, 0.1) is 6.92 Å². The quantitative estimate of drug-likeness (QED) is 0.399. The molecule has 6 nitrogen and oxygen atoms in total. The zero-order valence-electron chi connectivity index (χ0n) is 18.5. The number of pyridine rings is 1. The molecule has 1 aliphatic rings. The molecule has 1 aromatic heterocycles. The highest BCUT2D eigenvalue weighted by Crippen LogP contribution is 2.32. The van der Waals surface area contributed by atoms with E-state index in [0.717, 1.165) is 11.1 Å². The van der Waals surface area contributed by atoms with Crippen molar-refractivity contribution in [2.24, 2.45) is 0 Å². The SMILES string of the molecule is Cc1ccc(-c2cc(C(=O)Nc3cc(N4CCCS4(=O)=O)ccc3Cl)c3ccccc3n2)cc1. The minimum Gasteiger partial charge on any atom is -0.321 e. The second-order valence-electron chi connectivity index (χ2n) is 8.30. The molecule has 34 heavy (non-hydrogen) atoms. The van der Waals surface area contributed by atoms with Crippen LogP contribution >= 0.6 is 11.6 Å². The molecule has 172 valence electrons. The minimum atomic E-state index is -3.35. The Morgan fingerprint density at radius 2 is 1.79 bits per heavy atom. The van der Waals surface area contributed by atoms with Gasteiger partial charge in [0.25, 0.3) is 5.91 Å². The van der Waals surface area contributed by atoms with Crippen molar-refractivity contribution < 1.29 is 13.2 Å². The van der Waals surface area contributed by atoms with Gasteiger partial charge < -0.3 is 5.32 Å². The average Bonchev–Trinajstić information content (AvgIpc) is 3.19. The summed E-state index contributed by atoms with van der Waals surface area (Å²) >= 11 is 6.37. The number of aromatic nitrogens is 1. The smallest absolute Gasteiger partial charge is 0.256 e. The average molecular weight is 492 g/mol. The van der Waals surface area contributed by atoms with Crippen molar-refractivity contribution in [2.45, 2.75) is 13.3 Å². The van der Waals surface area contributed by atoms with Gasteiger partial charge in [-0.15, -0.1) is 0 Å². The molecule has 0 bridgehead atoms. The van der Waals surface area contributed by atoms with Gasteiger partial charge in [0, 0.05) is 17.5 Å². The highest BCUT2D eigenvalue weighted by molar-refractivity contribution is 7.93. The van der Waals surface area contributed by atoms with Crippen LogP contribution in [0.3, 0.4) is 0 Å². The highest BCUT2D eigenvalue weighted by atomic mass is 35.5. The topological polar surface area (TPSA) is 79.4 Å². The van der Waals surface area contributed by atoms with E-state index in [9.17, 15) is 13.2 Å². The fraction of sp³-hybridized carbons (Fsp3) is 0.154. The van der Waals surface area contributed by atoms with Crippen LogP contribution in [-0.2, 0) is 10.0 Å². The number of halogens is 1. The Balaban J connectivity index is 1.54. The van der Waals surface area contributed by atoms with Gasteiger partial charge in [0.2, 0.25) is 10.0 Å². The Labute approximate surface area is 203 Å². The van der Waals surface area contributed by atoms with Gasteiger partial charge in [0.1, 0.15) is 0 Å². The number of benzene rings is 3. The van der Waals surface area contributed by atoms with Crippen molar-refractivity contribution in [2.75, 3.05) is 21.9 Å². The Hall–Kier alpha value is -3.42. The van der Waals surface area contributed by atoms with E-state index in [2.05, 4.69) is 5.32 Å². The number of carbonyl (C=O) groups excluding carboxylic acids is 1. The summed E-state index contributed by atoms with van der Waals surface area (Å²) in [5, 5.41) is 3.92. The molecule has 1 amide bonds. The van der Waals surface area contributed by atoms with Gasteiger partial charge in [-0.1, -0.05) is 59.6 Å². The predicted octanol–water partition coefficient (Wildman–Crippen LogP) is 5.66. The summed E-state index contributed by atoms with van der Waals surface area (Å²) in [6.45, 7) is 2.42. The molecule has 0 unspecified atom stereocenters. The number of hydrogen-bond acceptors (Lipinski definition) is 4. The molecule has 3 aromatic carbocycles. The van der Waals surface area contributed by atoms with E-state index in [1.165, 1.54) is 4.31 Å². The van der Waals surface area contributed by atoms with E-state index in [-0.39, 0.29) is 11.7 Å². The lowest BCUT2D eigenvalue weighted by molar-refractivity contribution is 0.102. The van der Waals surface area contributed by atoms with Crippen LogP contribution in [-0.4, -0.2) is 31.6 Å². The fourth-order valence-electron chi connectivity index (χ4n) is 4.12. The zero-order valence-corrected chi connectivity index (χ0v) is 20.0. The molecule has 1 saturated heterocycles. The second-order valence-corrected chi connectivity index (χ2v) is 10.7. The van der Waals surface area contributed by atoms with Gasteiger partial charge >= 0.3 is 0 Å². The molecule has 0 aliphatic carbocycles. The van der Waals surface area contributed by atoms with Crippen LogP contribution in [0.2, 0.25) is 5.02 Å². The van der Waals surface area contributed by atoms with Gasteiger partial charge in [-0.25, -0.2) is 13.4 Å². The molecule has 0 saturated carbocycles. The molecule has 1 fully saturated rings. The molecule has 1 N–H and O–H groups in total. The minimum absolute atomic E-state index is 0.113. The third-order valence-corrected chi connectivity index (χ3v) is 8.09. The highest BCUT2D eigenvalue weighted by Gasteiger charge is 2.29. The number of sulfonamides is 1. The summed E-state index contributed by atoms with van der Waals surface area (Å²) in [7, 11) is -3.35. The van der Waals surface area contributed by atoms with Crippen LogP contribution < -0.4 is 9.62 Å². The van der Waals surface area contributed by atoms with Gasteiger partial charge in [-0.05, 0) is 43.7 Å². The van der Waals surface area contributed by atoms with E-state index in [0.29, 0.717) is 51.5 Å². The summed E-state index contributed by atoms with van der Waals surface area (Å²) in [5.41, 5.74) is 4.72. The van der Waals surface area contributed by atoms with Crippen LogP contribution in [0.1, 0.15) is 22.3 Å². The lowest BCUT2D eigenvalue weighted by atomic mass is 10.0. The van der Waals surface area contributed by atoms with Gasteiger partial charge in [0.15, 0.2) is 0 Å². The number of nitrogens with zero attached hydrogens (tertiary/aromatic N) is 2. The fourth-order valence-corrected chi connectivity index (χ4v) is 5.84. The van der Waals surface area contributed by atoms with E-state index < -0.39 is 10.0 Å². The molecule has 1 aliphatic heterocycles. The number of carbonyl (C=O) groups is 1. The number of hydrogen-bond donors (Lipinski definition) is 1. The maximum atomic E-state index is 13.4. The van der Waals surface area contributed by atoms with Gasteiger partial charge in [0.05, 0.1) is 38.9 Å². The van der Waals surface area contributed by atoms with Crippen molar-refractivity contribution in [3.8, 4) is 11.3 Å². The monoisotopic (exact) mass is 491 g/mol. The molecule has 8 heteroatoms. The molecule has 0 radical (unpaired) electrons. The van der Waals surface area contributed by atoms with Crippen LogP contribution in [0.15, 0.2) is 72.8 Å². The normalized spacial score (nSPS) is 14.9. The number of rotatable bonds is 4. The summed E-state index contributed by atoms with van der Waals surface area (Å²) in [5.74, 6) is -0.238. The Bertz CT molecular complexity index is 1520. The molecule has 0 spiro atoms. The predicted molar refractivity (Wildman–Crippen MR) is 137 cm³/mol. The van der Waals surface area contributed by atoms with Crippen molar-refractivity contribution in [1.29, 1.82) is 0 Å². The Kier molecular flexibility index (Phi) is 5.75. The second kappa shape index (κ2) is 8.74. The number of fused-ring (bicyclic) bond motifs is 1. The van der Waals surface area contributed by atoms with E-state index in [1.807, 2.05) is 55.5 Å². The number of nitrogens with one attached hydrogen (secondary N) is 1. The lowest BCUT2D eigenvalue weighted by Gasteiger charge is -2.19. The van der Waals surface area contributed by atoms with Crippen LogP contribution in [0.4, 0.5) is 11.4 Å². The first-order valence-electron chi connectivity index (χ1n) is 10.9. The van der Waals surface area contributed by atoms with Gasteiger partial charge in [-0.3, -0.25) is 9.10 Å². The van der Waals surface area contributed by atoms with E-state index in [1.54, 1.807) is 24.3 Å². The summed E-state index contributed by atoms with van der Waals surface area (Å²) < 4.78 is 26.0. The molecule has 0 atom stereocenters. The molecule has 4 aromatic rings. The van der Waals surface area contributed by atoms with Crippen LogP contribution in [0.5, 0.6) is 0 Å². The molecule has 2 heterocycles. The zero-order chi connectivity index (χ0) is 23.9. The number of para-hydroxylation sites is 1. The van der Waals surface area contributed by atoms with Crippen LogP contribution in [0.25, 0.3) is 22.2 Å². The van der Waals surface area contributed by atoms with Crippen molar-refractivity contribution >= 4 is 49.8 Å². The van der Waals surface area contributed by atoms with Crippen molar-refractivity contribution in [3.63, 3.8) is 0 Å². The van der Waals surface area contributed by atoms with Crippen molar-refractivity contribution in [1.82, 2.24) is 4.98 Å². The number of aryl methyl sites for hydroxylation is 1. The third kappa shape index (κ3) is 4.24.